The molecule has 6 rings (SSSR count). The topological polar surface area (TPSA) is 110 Å². The van der Waals surface area contributed by atoms with Gasteiger partial charge in [0.1, 0.15) is 34.7 Å². The van der Waals surface area contributed by atoms with Crippen LogP contribution in [0.4, 0.5) is 10.1 Å². The zero-order valence-corrected chi connectivity index (χ0v) is 21.3. The number of carbonyl (C=O) groups is 1. The highest BCUT2D eigenvalue weighted by Gasteiger charge is 2.33. The molecule has 2 fully saturated rings. The van der Waals surface area contributed by atoms with Crippen molar-refractivity contribution in [3.63, 3.8) is 0 Å². The number of amides is 1. The van der Waals surface area contributed by atoms with Crippen LogP contribution in [0.5, 0.6) is 11.5 Å². The molecule has 39 heavy (non-hydrogen) atoms. The summed E-state index contributed by atoms with van der Waals surface area (Å²) in [4.78, 5) is 19.2. The summed E-state index contributed by atoms with van der Waals surface area (Å²) in [5.41, 5.74) is 8.25. The Kier molecular flexibility index (Phi) is 6.45. The lowest BCUT2D eigenvalue weighted by Crippen LogP contribution is -2.39. The number of anilines is 1. The number of ether oxygens (including phenoxy) is 1. The monoisotopic (exact) mass is 522 g/mol. The number of carbonyl (C=O) groups excluding carboxylic acids is 1. The van der Waals surface area contributed by atoms with Gasteiger partial charge < -0.3 is 15.4 Å². The highest BCUT2D eigenvalue weighted by molar-refractivity contribution is 6.01. The van der Waals surface area contributed by atoms with Gasteiger partial charge in [-0.25, -0.2) is 4.39 Å². The normalized spacial score (nSPS) is 17.4. The molecule has 8 nitrogen and oxygen atoms in total. The lowest BCUT2D eigenvalue weighted by molar-refractivity contribution is -0.127. The van der Waals surface area contributed by atoms with Crippen molar-refractivity contribution in [1.82, 2.24) is 19.7 Å². The molecule has 2 aromatic heterocycles. The first kappa shape index (κ1) is 24.6. The van der Waals surface area contributed by atoms with Crippen molar-refractivity contribution < 1.29 is 13.9 Å². The highest BCUT2D eigenvalue weighted by atomic mass is 19.1. The fourth-order valence-corrected chi connectivity index (χ4v) is 5.15. The van der Waals surface area contributed by atoms with Crippen molar-refractivity contribution >= 4 is 22.5 Å². The number of allylic oxidation sites excluding steroid dienone is 1. The van der Waals surface area contributed by atoms with Gasteiger partial charge in [0.15, 0.2) is 0 Å². The number of fused-ring (bicyclic) bond motifs is 1. The van der Waals surface area contributed by atoms with Gasteiger partial charge in [0.05, 0.1) is 41.6 Å². The molecule has 2 aliphatic rings. The fourth-order valence-electron chi connectivity index (χ4n) is 5.15. The van der Waals surface area contributed by atoms with E-state index in [2.05, 4.69) is 11.1 Å². The van der Waals surface area contributed by atoms with Crippen molar-refractivity contribution in [3.8, 4) is 28.8 Å². The van der Waals surface area contributed by atoms with Crippen LogP contribution in [0.1, 0.15) is 25.7 Å². The van der Waals surface area contributed by atoms with Crippen LogP contribution in [-0.4, -0.2) is 38.2 Å². The molecule has 1 aliphatic carbocycles. The number of pyridine rings is 1. The number of nitriles is 1. The first-order valence-electron chi connectivity index (χ1n) is 13.1. The van der Waals surface area contributed by atoms with Crippen LogP contribution in [0.25, 0.3) is 22.2 Å². The number of para-hydroxylation sites is 1. The van der Waals surface area contributed by atoms with Crippen LogP contribution in [-0.2, 0) is 11.3 Å². The van der Waals surface area contributed by atoms with Gasteiger partial charge >= 0.3 is 0 Å². The molecule has 4 aromatic rings. The zero-order valence-electron chi connectivity index (χ0n) is 21.3. The molecule has 3 heterocycles. The van der Waals surface area contributed by atoms with Gasteiger partial charge in [-0.2, -0.15) is 10.4 Å². The van der Waals surface area contributed by atoms with Gasteiger partial charge in [0.25, 0.3) is 5.91 Å². The van der Waals surface area contributed by atoms with Gasteiger partial charge in [-0.05, 0) is 55.9 Å². The SMILES string of the molecule is N#CC(=CC1CC1)C(=O)N1CCCC1Cn1nc(-c2ccc(Oc3ccccc3)cc2F)c2c(N)cncc21. The van der Waals surface area contributed by atoms with E-state index >= 15 is 4.39 Å². The van der Waals surface area contributed by atoms with Gasteiger partial charge in [-0.1, -0.05) is 24.3 Å². The molecule has 1 saturated carbocycles. The van der Waals surface area contributed by atoms with Crippen LogP contribution in [0.3, 0.4) is 0 Å². The molecule has 1 saturated heterocycles. The Labute approximate surface area is 225 Å². The minimum absolute atomic E-state index is 0.155. The molecule has 1 amide bonds. The Balaban J connectivity index is 1.32. The maximum absolute atomic E-state index is 15.4. The lowest BCUT2D eigenvalue weighted by atomic mass is 10.1. The van der Waals surface area contributed by atoms with E-state index in [4.69, 9.17) is 15.6 Å². The molecule has 1 atom stereocenters. The number of halogens is 1. The molecule has 0 bridgehead atoms. The van der Waals surface area contributed by atoms with E-state index in [1.165, 1.54) is 12.3 Å². The first-order chi connectivity index (χ1) is 19.0. The van der Waals surface area contributed by atoms with Crippen molar-refractivity contribution in [1.29, 1.82) is 5.26 Å². The van der Waals surface area contributed by atoms with E-state index in [1.807, 2.05) is 18.2 Å². The van der Waals surface area contributed by atoms with Crippen LogP contribution in [0.2, 0.25) is 0 Å². The number of nitrogens with two attached hydrogens (primary N) is 1. The Hall–Kier alpha value is -4.71. The number of aromatic nitrogens is 3. The molecule has 9 heteroatoms. The van der Waals surface area contributed by atoms with Gasteiger partial charge in [-0.15, -0.1) is 0 Å². The molecule has 1 unspecified atom stereocenters. The summed E-state index contributed by atoms with van der Waals surface area (Å²) in [6.07, 6.45) is 8.64. The Bertz CT molecular complexity index is 1620. The largest absolute Gasteiger partial charge is 0.457 e. The zero-order chi connectivity index (χ0) is 26.9. The van der Waals surface area contributed by atoms with Crippen molar-refractivity contribution in [2.45, 2.75) is 38.3 Å². The van der Waals surface area contributed by atoms with Gasteiger partial charge in [0, 0.05) is 18.2 Å². The molecule has 196 valence electrons. The summed E-state index contributed by atoms with van der Waals surface area (Å²) in [6, 6.07) is 15.8. The van der Waals surface area contributed by atoms with E-state index < -0.39 is 5.82 Å². The van der Waals surface area contributed by atoms with E-state index in [1.54, 1.807) is 46.1 Å². The second-order valence-electron chi connectivity index (χ2n) is 10.0. The summed E-state index contributed by atoms with van der Waals surface area (Å²) < 4.78 is 23.0. The first-order valence-corrected chi connectivity index (χ1v) is 13.1. The summed E-state index contributed by atoms with van der Waals surface area (Å²) in [5.74, 6) is 0.579. The number of nitrogen functional groups attached to an aromatic ring is 1. The number of nitrogens with zero attached hydrogens (tertiary/aromatic N) is 5. The minimum atomic E-state index is -0.493. The number of likely N-dealkylation sites (tertiary alicyclic amines) is 1. The van der Waals surface area contributed by atoms with Gasteiger partial charge in [0.2, 0.25) is 0 Å². The summed E-state index contributed by atoms with van der Waals surface area (Å²) in [6.45, 7) is 0.962. The summed E-state index contributed by atoms with van der Waals surface area (Å²) >= 11 is 0. The number of hydrogen-bond acceptors (Lipinski definition) is 6. The molecule has 1 aliphatic heterocycles. The molecule has 0 spiro atoms. The van der Waals surface area contributed by atoms with E-state index in [-0.39, 0.29) is 23.1 Å². The number of rotatable bonds is 7. The van der Waals surface area contributed by atoms with Gasteiger partial charge in [-0.3, -0.25) is 14.5 Å². The maximum atomic E-state index is 15.4. The number of benzene rings is 2. The van der Waals surface area contributed by atoms with Crippen LogP contribution in [0.15, 0.2) is 72.6 Å². The standard InChI is InChI=1S/C30H27FN6O2/c31-25-14-23(39-22-6-2-1-3-7-22)10-11-24(25)29-28-26(33)16-34-17-27(28)37(35-29)18-21-5-4-12-36(21)30(38)20(15-32)13-19-8-9-19/h1-3,6-7,10-11,13-14,16-17,19,21H,4-5,8-9,12,18,33H2. The predicted octanol–water partition coefficient (Wildman–Crippen LogP) is 5.46. The van der Waals surface area contributed by atoms with Crippen LogP contribution < -0.4 is 10.5 Å². The second-order valence-corrected chi connectivity index (χ2v) is 10.0. The van der Waals surface area contributed by atoms with E-state index in [0.717, 1.165) is 25.7 Å². The third-order valence-electron chi connectivity index (χ3n) is 7.26. The Morgan fingerprint density at radius 3 is 2.72 bits per heavy atom. The average Bonchev–Trinajstić information content (AvgIpc) is 3.52. The van der Waals surface area contributed by atoms with Crippen molar-refractivity contribution in [2.24, 2.45) is 5.92 Å². The molecule has 2 N–H and O–H groups in total. The maximum Gasteiger partial charge on any atom is 0.264 e. The van der Waals surface area contributed by atoms with E-state index in [9.17, 15) is 10.1 Å². The molecular weight excluding hydrogens is 495 g/mol. The fraction of sp³-hybridized carbons (Fsp3) is 0.267. The highest BCUT2D eigenvalue weighted by Crippen LogP contribution is 2.36. The smallest absolute Gasteiger partial charge is 0.264 e. The minimum Gasteiger partial charge on any atom is -0.457 e. The third kappa shape index (κ3) is 4.93. The van der Waals surface area contributed by atoms with Crippen molar-refractivity contribution in [2.75, 3.05) is 12.3 Å². The third-order valence-corrected chi connectivity index (χ3v) is 7.26. The Morgan fingerprint density at radius 2 is 1.97 bits per heavy atom. The van der Waals surface area contributed by atoms with Crippen molar-refractivity contribution in [3.05, 3.63) is 78.4 Å². The molecule has 0 radical (unpaired) electrons. The van der Waals surface area contributed by atoms with Crippen LogP contribution >= 0.6 is 0 Å². The molecular formula is C30H27FN6O2. The second kappa shape index (κ2) is 10.2. The predicted molar refractivity (Wildman–Crippen MR) is 145 cm³/mol. The van der Waals surface area contributed by atoms with E-state index in [0.29, 0.717) is 52.8 Å². The quantitative estimate of drug-likeness (QED) is 0.255. The number of hydrogen-bond donors (Lipinski definition) is 1. The molecule has 2 aromatic carbocycles. The van der Waals surface area contributed by atoms with Crippen LogP contribution in [0, 0.1) is 23.1 Å². The summed E-state index contributed by atoms with van der Waals surface area (Å²) in [5, 5.41) is 15.0. The lowest BCUT2D eigenvalue weighted by Gasteiger charge is -2.24. The average molecular weight is 523 g/mol. The summed E-state index contributed by atoms with van der Waals surface area (Å²) in [7, 11) is 0. The Morgan fingerprint density at radius 1 is 1.15 bits per heavy atom.